The molecule has 0 aliphatic heterocycles. The summed E-state index contributed by atoms with van der Waals surface area (Å²) in [6.07, 6.45) is 8.91. The highest BCUT2D eigenvalue weighted by atomic mass is 16.3. The van der Waals surface area contributed by atoms with E-state index < -0.39 is 0 Å². The monoisotopic (exact) mass is 336 g/mol. The van der Waals surface area contributed by atoms with Gasteiger partial charge in [0.2, 0.25) is 0 Å². The lowest BCUT2D eigenvalue weighted by Gasteiger charge is -2.66. The van der Waals surface area contributed by atoms with E-state index in [0.717, 1.165) is 31.6 Å². The number of hydrogen-bond donors (Lipinski definition) is 3. The summed E-state index contributed by atoms with van der Waals surface area (Å²) in [6.45, 7) is 7.35. The summed E-state index contributed by atoms with van der Waals surface area (Å²) in [6, 6.07) is 0. The molecule has 4 aliphatic rings. The smallest absolute Gasteiger partial charge is 0.0618 e. The molecule has 4 fully saturated rings. The summed E-state index contributed by atoms with van der Waals surface area (Å²) in [5.41, 5.74) is 0.384. The number of aliphatic hydroxyl groups is 3. The molecule has 3 nitrogen and oxygen atoms in total. The molecule has 0 saturated heterocycles. The largest absolute Gasteiger partial charge is 0.396 e. The van der Waals surface area contributed by atoms with Crippen LogP contribution in [-0.4, -0.2) is 34.6 Å². The lowest BCUT2D eigenvalue weighted by Crippen LogP contribution is -2.62. The number of aliphatic hydroxyl groups excluding tert-OH is 3. The Bertz CT molecular complexity index is 521. The van der Waals surface area contributed by atoms with Crippen LogP contribution in [0, 0.1) is 39.4 Å². The fourth-order valence-electron chi connectivity index (χ4n) is 8.12. The fourth-order valence-corrected chi connectivity index (χ4v) is 8.12. The van der Waals surface area contributed by atoms with Crippen molar-refractivity contribution in [2.45, 2.75) is 78.2 Å². The maximum Gasteiger partial charge on any atom is 0.0618 e. The molecule has 0 aromatic heterocycles. The van der Waals surface area contributed by atoms with E-state index in [1.807, 2.05) is 0 Å². The second kappa shape index (κ2) is 5.20. The van der Waals surface area contributed by atoms with Gasteiger partial charge in [-0.3, -0.25) is 0 Å². The van der Waals surface area contributed by atoms with Gasteiger partial charge >= 0.3 is 0 Å². The van der Waals surface area contributed by atoms with E-state index in [4.69, 9.17) is 0 Å². The van der Waals surface area contributed by atoms with Gasteiger partial charge in [0.05, 0.1) is 12.7 Å². The molecule has 4 aliphatic carbocycles. The molecular formula is C21H36O3. The Kier molecular flexibility index (Phi) is 3.75. The number of fused-ring (bicyclic) bond motifs is 2. The van der Waals surface area contributed by atoms with Crippen molar-refractivity contribution in [3.8, 4) is 0 Å². The maximum atomic E-state index is 10.7. The van der Waals surface area contributed by atoms with Crippen molar-refractivity contribution in [3.05, 3.63) is 0 Å². The Morgan fingerprint density at radius 1 is 0.875 bits per heavy atom. The average molecular weight is 337 g/mol. The molecule has 0 aromatic rings. The van der Waals surface area contributed by atoms with Crippen LogP contribution in [0.4, 0.5) is 0 Å². The third-order valence-corrected chi connectivity index (χ3v) is 10.00. The average Bonchev–Trinajstić information content (AvgIpc) is 2.93. The SMILES string of the molecule is CC1(CO)CCC23CC1CC2CCC1C(C)(CO)C(O)CCC13C. The molecule has 0 aromatic carbocycles. The van der Waals surface area contributed by atoms with Gasteiger partial charge in [-0.1, -0.05) is 20.8 Å². The molecule has 3 heteroatoms. The normalized spacial score (nSPS) is 59.8. The minimum atomic E-state index is -0.364. The lowest BCUT2D eigenvalue weighted by atomic mass is 9.39. The van der Waals surface area contributed by atoms with Gasteiger partial charge in [0.15, 0.2) is 0 Å². The van der Waals surface area contributed by atoms with Crippen LogP contribution in [0.5, 0.6) is 0 Å². The molecule has 0 heterocycles. The van der Waals surface area contributed by atoms with Crippen molar-refractivity contribution < 1.29 is 15.3 Å². The first-order valence-corrected chi connectivity index (χ1v) is 10.2. The minimum Gasteiger partial charge on any atom is -0.396 e. The van der Waals surface area contributed by atoms with E-state index >= 15 is 0 Å². The molecule has 0 radical (unpaired) electrons. The number of rotatable bonds is 2. The summed E-state index contributed by atoms with van der Waals surface area (Å²) in [4.78, 5) is 0. The summed E-state index contributed by atoms with van der Waals surface area (Å²) < 4.78 is 0. The van der Waals surface area contributed by atoms with Gasteiger partial charge in [0, 0.05) is 12.0 Å². The summed E-state index contributed by atoms with van der Waals surface area (Å²) in [7, 11) is 0. The van der Waals surface area contributed by atoms with Crippen LogP contribution < -0.4 is 0 Å². The summed E-state index contributed by atoms with van der Waals surface area (Å²) in [5, 5.41) is 30.8. The molecule has 4 rings (SSSR count). The highest BCUT2D eigenvalue weighted by Crippen LogP contribution is 2.76. The van der Waals surface area contributed by atoms with Gasteiger partial charge in [-0.2, -0.15) is 0 Å². The predicted octanol–water partition coefficient (Wildman–Crippen LogP) is 3.36. The van der Waals surface area contributed by atoms with Crippen LogP contribution in [0.1, 0.15) is 72.1 Å². The molecule has 4 saturated carbocycles. The highest BCUT2D eigenvalue weighted by molar-refractivity contribution is 5.18. The Morgan fingerprint density at radius 2 is 1.62 bits per heavy atom. The van der Waals surface area contributed by atoms with E-state index in [2.05, 4.69) is 20.8 Å². The molecule has 2 bridgehead atoms. The molecule has 0 amide bonds. The van der Waals surface area contributed by atoms with E-state index in [1.165, 1.54) is 25.7 Å². The van der Waals surface area contributed by atoms with Gasteiger partial charge in [0.1, 0.15) is 0 Å². The molecule has 138 valence electrons. The van der Waals surface area contributed by atoms with Crippen LogP contribution >= 0.6 is 0 Å². The predicted molar refractivity (Wildman–Crippen MR) is 94.3 cm³/mol. The van der Waals surface area contributed by atoms with Gasteiger partial charge in [-0.15, -0.1) is 0 Å². The third kappa shape index (κ3) is 1.85. The Morgan fingerprint density at radius 3 is 2.29 bits per heavy atom. The van der Waals surface area contributed by atoms with Crippen molar-refractivity contribution >= 4 is 0 Å². The summed E-state index contributed by atoms with van der Waals surface area (Å²) >= 11 is 0. The molecular weight excluding hydrogens is 300 g/mol. The zero-order valence-corrected chi connectivity index (χ0v) is 15.7. The van der Waals surface area contributed by atoms with Crippen molar-refractivity contribution in [2.24, 2.45) is 39.4 Å². The Balaban J connectivity index is 1.74. The first-order chi connectivity index (χ1) is 11.3. The molecule has 8 atom stereocenters. The second-order valence-corrected chi connectivity index (χ2v) is 10.6. The quantitative estimate of drug-likeness (QED) is 0.724. The molecule has 3 N–H and O–H groups in total. The number of hydrogen-bond acceptors (Lipinski definition) is 3. The van der Waals surface area contributed by atoms with Crippen LogP contribution in [-0.2, 0) is 0 Å². The van der Waals surface area contributed by atoms with Crippen LogP contribution in [0.15, 0.2) is 0 Å². The first kappa shape index (κ1) is 17.3. The minimum absolute atomic E-state index is 0.104. The highest BCUT2D eigenvalue weighted by Gasteiger charge is 2.69. The fraction of sp³-hybridized carbons (Fsp3) is 1.00. The molecule has 24 heavy (non-hydrogen) atoms. The topological polar surface area (TPSA) is 60.7 Å². The zero-order valence-electron chi connectivity index (χ0n) is 15.7. The molecule has 8 unspecified atom stereocenters. The Labute approximate surface area is 146 Å². The van der Waals surface area contributed by atoms with Crippen molar-refractivity contribution in [2.75, 3.05) is 13.2 Å². The van der Waals surface area contributed by atoms with Gasteiger partial charge in [-0.25, -0.2) is 0 Å². The standard InChI is InChI=1S/C21H36O3/c1-18(12-22)8-9-21-11-15(18)10-14(21)4-5-16-19(2,13-23)17(24)6-7-20(16,21)3/h14-17,22-24H,4-13H2,1-3H3. The van der Waals surface area contributed by atoms with Crippen molar-refractivity contribution in [1.82, 2.24) is 0 Å². The lowest BCUT2D eigenvalue weighted by molar-refractivity contribution is -0.211. The summed E-state index contributed by atoms with van der Waals surface area (Å²) in [5.74, 6) is 1.87. The van der Waals surface area contributed by atoms with Crippen LogP contribution in [0.2, 0.25) is 0 Å². The van der Waals surface area contributed by atoms with Crippen molar-refractivity contribution in [1.29, 1.82) is 0 Å². The molecule has 1 spiro atoms. The van der Waals surface area contributed by atoms with Gasteiger partial charge in [0.25, 0.3) is 0 Å². The maximum absolute atomic E-state index is 10.7. The van der Waals surface area contributed by atoms with E-state index in [0.29, 0.717) is 23.9 Å². The van der Waals surface area contributed by atoms with Gasteiger partial charge < -0.3 is 15.3 Å². The van der Waals surface area contributed by atoms with E-state index in [-0.39, 0.29) is 29.0 Å². The first-order valence-electron chi connectivity index (χ1n) is 10.2. The Hall–Kier alpha value is -0.120. The van der Waals surface area contributed by atoms with E-state index in [1.54, 1.807) is 0 Å². The van der Waals surface area contributed by atoms with Crippen LogP contribution in [0.25, 0.3) is 0 Å². The van der Waals surface area contributed by atoms with Crippen LogP contribution in [0.3, 0.4) is 0 Å². The third-order valence-electron chi connectivity index (χ3n) is 10.00. The van der Waals surface area contributed by atoms with Crippen molar-refractivity contribution in [3.63, 3.8) is 0 Å². The van der Waals surface area contributed by atoms with Gasteiger partial charge in [-0.05, 0) is 85.4 Å². The zero-order chi connectivity index (χ0) is 17.4. The van der Waals surface area contributed by atoms with E-state index in [9.17, 15) is 15.3 Å². The second-order valence-electron chi connectivity index (χ2n) is 10.6.